The average Bonchev–Trinajstić information content (AvgIpc) is 3.31. The molecular formula is C19H16F2N4O3S. The SMILES string of the molecule is COc1cc(-c2noc(CNc3ccc4nc(C)sc4c3)n2)ccc1OC(F)F. The van der Waals surface area contributed by atoms with E-state index in [4.69, 9.17) is 9.26 Å². The van der Waals surface area contributed by atoms with Crippen LogP contribution in [0, 0.1) is 6.92 Å². The number of rotatable bonds is 7. The van der Waals surface area contributed by atoms with Gasteiger partial charge in [-0.05, 0) is 43.3 Å². The molecule has 1 N–H and O–H groups in total. The Balaban J connectivity index is 1.47. The van der Waals surface area contributed by atoms with Crippen molar-refractivity contribution < 1.29 is 22.8 Å². The number of aromatic nitrogens is 3. The van der Waals surface area contributed by atoms with Crippen LogP contribution in [0.1, 0.15) is 10.9 Å². The largest absolute Gasteiger partial charge is 0.493 e. The zero-order valence-corrected chi connectivity index (χ0v) is 16.3. The van der Waals surface area contributed by atoms with E-state index >= 15 is 0 Å². The quantitative estimate of drug-likeness (QED) is 0.458. The molecule has 150 valence electrons. The number of benzene rings is 2. The van der Waals surface area contributed by atoms with Crippen LogP contribution < -0.4 is 14.8 Å². The number of aryl methyl sites for hydroxylation is 1. The number of anilines is 1. The number of nitrogens with zero attached hydrogens (tertiary/aromatic N) is 3. The summed E-state index contributed by atoms with van der Waals surface area (Å²) >= 11 is 1.63. The summed E-state index contributed by atoms with van der Waals surface area (Å²) < 4.78 is 40.8. The molecule has 7 nitrogen and oxygen atoms in total. The van der Waals surface area contributed by atoms with Gasteiger partial charge in [-0.15, -0.1) is 11.3 Å². The molecule has 0 spiro atoms. The molecule has 0 fully saturated rings. The molecule has 0 aliphatic rings. The van der Waals surface area contributed by atoms with Crippen molar-refractivity contribution in [2.75, 3.05) is 12.4 Å². The molecule has 0 saturated heterocycles. The van der Waals surface area contributed by atoms with Crippen molar-refractivity contribution in [2.45, 2.75) is 20.1 Å². The highest BCUT2D eigenvalue weighted by molar-refractivity contribution is 7.18. The zero-order valence-electron chi connectivity index (χ0n) is 15.5. The van der Waals surface area contributed by atoms with Gasteiger partial charge in [-0.25, -0.2) is 4.98 Å². The number of fused-ring (bicyclic) bond motifs is 1. The molecule has 0 unspecified atom stereocenters. The predicted molar refractivity (Wildman–Crippen MR) is 105 cm³/mol. The molecule has 4 rings (SSSR count). The number of hydrogen-bond donors (Lipinski definition) is 1. The van der Waals surface area contributed by atoms with E-state index < -0.39 is 6.61 Å². The van der Waals surface area contributed by atoms with Crippen molar-refractivity contribution in [3.63, 3.8) is 0 Å². The van der Waals surface area contributed by atoms with Crippen molar-refractivity contribution in [1.29, 1.82) is 0 Å². The van der Waals surface area contributed by atoms with E-state index in [-0.39, 0.29) is 11.5 Å². The molecule has 0 saturated carbocycles. The molecule has 0 aliphatic carbocycles. The number of ether oxygens (including phenoxy) is 2. The third-order valence-electron chi connectivity index (χ3n) is 4.05. The molecule has 0 bridgehead atoms. The first-order chi connectivity index (χ1) is 14.0. The summed E-state index contributed by atoms with van der Waals surface area (Å²) in [6.07, 6.45) is 0. The van der Waals surface area contributed by atoms with Crippen LogP contribution in [0.4, 0.5) is 14.5 Å². The van der Waals surface area contributed by atoms with Crippen LogP contribution in [-0.4, -0.2) is 28.8 Å². The molecule has 0 radical (unpaired) electrons. The Morgan fingerprint density at radius 1 is 1.14 bits per heavy atom. The van der Waals surface area contributed by atoms with Gasteiger partial charge in [-0.1, -0.05) is 5.16 Å². The molecule has 10 heteroatoms. The highest BCUT2D eigenvalue weighted by atomic mass is 32.1. The van der Waals surface area contributed by atoms with Gasteiger partial charge in [0.15, 0.2) is 11.5 Å². The van der Waals surface area contributed by atoms with E-state index in [9.17, 15) is 8.78 Å². The van der Waals surface area contributed by atoms with Crippen molar-refractivity contribution in [3.8, 4) is 22.9 Å². The highest BCUT2D eigenvalue weighted by Crippen LogP contribution is 2.32. The third-order valence-corrected chi connectivity index (χ3v) is 4.98. The summed E-state index contributed by atoms with van der Waals surface area (Å²) in [4.78, 5) is 8.77. The number of hydrogen-bond acceptors (Lipinski definition) is 8. The fourth-order valence-corrected chi connectivity index (χ4v) is 3.64. The maximum absolute atomic E-state index is 12.4. The molecule has 0 atom stereocenters. The van der Waals surface area contributed by atoms with E-state index in [1.807, 2.05) is 25.1 Å². The van der Waals surface area contributed by atoms with E-state index in [1.165, 1.54) is 19.2 Å². The Hall–Kier alpha value is -3.27. The smallest absolute Gasteiger partial charge is 0.387 e. The molecular weight excluding hydrogens is 402 g/mol. The van der Waals surface area contributed by atoms with Gasteiger partial charge in [0.1, 0.15) is 0 Å². The lowest BCUT2D eigenvalue weighted by molar-refractivity contribution is -0.0512. The molecule has 29 heavy (non-hydrogen) atoms. The first kappa shape index (κ1) is 19.1. The van der Waals surface area contributed by atoms with E-state index in [0.29, 0.717) is 23.8 Å². The minimum atomic E-state index is -2.94. The summed E-state index contributed by atoms with van der Waals surface area (Å²) in [7, 11) is 1.37. The van der Waals surface area contributed by atoms with Crippen molar-refractivity contribution in [1.82, 2.24) is 15.1 Å². The fraction of sp³-hybridized carbons (Fsp3) is 0.211. The minimum absolute atomic E-state index is 0.0645. The first-order valence-electron chi connectivity index (χ1n) is 8.58. The standard InChI is InChI=1S/C19H16F2N4O3S/c1-10-23-13-5-4-12(8-16(13)29-10)22-9-17-24-18(25-28-17)11-3-6-14(27-19(20)21)15(7-11)26-2/h3-8,19,22H,9H2,1-2H3. The van der Waals surface area contributed by atoms with Crippen LogP contribution in [0.15, 0.2) is 40.9 Å². The minimum Gasteiger partial charge on any atom is -0.493 e. The Labute approximate surface area is 168 Å². The van der Waals surface area contributed by atoms with Crippen molar-refractivity contribution in [2.24, 2.45) is 0 Å². The number of thiazole rings is 1. The van der Waals surface area contributed by atoms with Crippen molar-refractivity contribution >= 4 is 27.2 Å². The van der Waals surface area contributed by atoms with Crippen LogP contribution in [0.2, 0.25) is 0 Å². The van der Waals surface area contributed by atoms with Crippen LogP contribution in [-0.2, 0) is 6.54 Å². The van der Waals surface area contributed by atoms with Crippen LogP contribution in [0.3, 0.4) is 0 Å². The summed E-state index contributed by atoms with van der Waals surface area (Å²) in [5.41, 5.74) is 2.43. The van der Waals surface area contributed by atoms with Crippen molar-refractivity contribution in [3.05, 3.63) is 47.3 Å². The summed E-state index contributed by atoms with van der Waals surface area (Å²) in [5, 5.41) is 8.19. The van der Waals surface area contributed by atoms with E-state index in [0.717, 1.165) is 20.9 Å². The van der Waals surface area contributed by atoms with Gasteiger partial charge in [0.05, 0.1) is 28.9 Å². The lowest BCUT2D eigenvalue weighted by atomic mass is 10.2. The van der Waals surface area contributed by atoms with Gasteiger partial charge in [0.25, 0.3) is 0 Å². The molecule has 2 aromatic heterocycles. The second-order valence-corrected chi connectivity index (χ2v) is 7.26. The number of nitrogens with one attached hydrogen (secondary N) is 1. The normalized spacial score (nSPS) is 11.2. The van der Waals surface area contributed by atoms with Gasteiger partial charge in [-0.3, -0.25) is 0 Å². The Morgan fingerprint density at radius 3 is 2.79 bits per heavy atom. The lowest BCUT2D eigenvalue weighted by Crippen LogP contribution is -2.03. The summed E-state index contributed by atoms with van der Waals surface area (Å²) in [6.45, 7) is -0.635. The molecule has 2 heterocycles. The van der Waals surface area contributed by atoms with Crippen LogP contribution in [0.5, 0.6) is 11.5 Å². The molecule has 0 amide bonds. The maximum Gasteiger partial charge on any atom is 0.387 e. The first-order valence-corrected chi connectivity index (χ1v) is 9.40. The Morgan fingerprint density at radius 2 is 2.00 bits per heavy atom. The zero-order chi connectivity index (χ0) is 20.4. The van der Waals surface area contributed by atoms with E-state index in [1.54, 1.807) is 17.4 Å². The predicted octanol–water partition coefficient (Wildman–Crippen LogP) is 4.88. The van der Waals surface area contributed by atoms with E-state index in [2.05, 4.69) is 25.2 Å². The number of methoxy groups -OCH3 is 1. The molecule has 2 aromatic carbocycles. The topological polar surface area (TPSA) is 82.3 Å². The Bertz CT molecular complexity index is 1150. The summed E-state index contributed by atoms with van der Waals surface area (Å²) in [6, 6.07) is 10.4. The monoisotopic (exact) mass is 418 g/mol. The van der Waals surface area contributed by atoms with Crippen LogP contribution >= 0.6 is 11.3 Å². The molecule has 0 aliphatic heterocycles. The lowest BCUT2D eigenvalue weighted by Gasteiger charge is -2.10. The van der Waals surface area contributed by atoms with Gasteiger partial charge in [0, 0.05) is 11.3 Å². The second-order valence-electron chi connectivity index (χ2n) is 6.02. The average molecular weight is 418 g/mol. The van der Waals surface area contributed by atoms with Gasteiger partial charge in [0.2, 0.25) is 11.7 Å². The van der Waals surface area contributed by atoms with Gasteiger partial charge in [-0.2, -0.15) is 13.8 Å². The molecule has 4 aromatic rings. The number of alkyl halides is 2. The van der Waals surface area contributed by atoms with Crippen LogP contribution in [0.25, 0.3) is 21.6 Å². The summed E-state index contributed by atoms with van der Waals surface area (Å²) in [5.74, 6) is 0.787. The van der Waals surface area contributed by atoms with Gasteiger partial charge < -0.3 is 19.3 Å². The van der Waals surface area contributed by atoms with Gasteiger partial charge >= 0.3 is 6.61 Å². The highest BCUT2D eigenvalue weighted by Gasteiger charge is 2.15. The fourth-order valence-electron chi connectivity index (χ4n) is 2.77. The number of halogens is 2. The second kappa shape index (κ2) is 8.00. The Kier molecular flexibility index (Phi) is 5.26. The third kappa shape index (κ3) is 4.27. The maximum atomic E-state index is 12.4.